The molecule has 1 aliphatic heterocycles. The fourth-order valence-electron chi connectivity index (χ4n) is 2.12. The molecule has 0 amide bonds. The summed E-state index contributed by atoms with van der Waals surface area (Å²) in [6.45, 7) is 2.26. The smallest absolute Gasteiger partial charge is 0.244 e. The molecule has 1 fully saturated rings. The van der Waals surface area contributed by atoms with E-state index in [1.807, 2.05) is 0 Å². The van der Waals surface area contributed by atoms with E-state index >= 15 is 0 Å². The maximum Gasteiger partial charge on any atom is 0.244 e. The van der Waals surface area contributed by atoms with Crippen LogP contribution in [-0.4, -0.2) is 53.6 Å². The quantitative estimate of drug-likeness (QED) is 0.776. The third-order valence-corrected chi connectivity index (χ3v) is 7.23. The summed E-state index contributed by atoms with van der Waals surface area (Å²) in [4.78, 5) is 0.183. The van der Waals surface area contributed by atoms with Crippen LogP contribution < -0.4 is 5.32 Å². The normalized spacial score (nSPS) is 17.5. The second-order valence-electron chi connectivity index (χ2n) is 4.87. The fourth-order valence-corrected chi connectivity index (χ4v) is 5.44. The summed E-state index contributed by atoms with van der Waals surface area (Å²) in [6.07, 6.45) is 1.84. The summed E-state index contributed by atoms with van der Waals surface area (Å²) >= 11 is 3.18. The van der Waals surface area contributed by atoms with E-state index in [9.17, 15) is 16.8 Å². The van der Waals surface area contributed by atoms with Crippen LogP contribution in [0.15, 0.2) is 32.5 Å². The van der Waals surface area contributed by atoms with Gasteiger partial charge in [0.2, 0.25) is 10.0 Å². The Hall–Kier alpha value is -0.190. The molecule has 0 bridgehead atoms. The first-order valence-electron chi connectivity index (χ1n) is 6.43. The zero-order valence-electron chi connectivity index (χ0n) is 12.0. The maximum absolute atomic E-state index is 12.6. The van der Waals surface area contributed by atoms with Gasteiger partial charge >= 0.3 is 0 Å². The molecule has 1 N–H and O–H groups in total. The number of sulfone groups is 1. The minimum Gasteiger partial charge on any atom is -0.315 e. The highest BCUT2D eigenvalue weighted by molar-refractivity contribution is 9.10. The standard InChI is InChI=1S/C12H17BrN2O4S2.ClH/c1-20(16,17)10-3-4-12(11(13)9-10)21(18,19)15-7-2-5-14-6-8-15;/h3-4,9,14H,2,5-8H2,1H3;1H. The maximum atomic E-state index is 12.6. The van der Waals surface area contributed by atoms with E-state index in [1.165, 1.54) is 22.5 Å². The average molecular weight is 434 g/mol. The minimum atomic E-state index is -3.63. The van der Waals surface area contributed by atoms with Gasteiger partial charge in [-0.2, -0.15) is 4.31 Å². The SMILES string of the molecule is CS(=O)(=O)c1ccc(S(=O)(=O)N2CCCNCC2)c(Br)c1.Cl. The minimum absolute atomic E-state index is 0. The predicted octanol–water partition coefficient (Wildman–Crippen LogP) is 1.26. The lowest BCUT2D eigenvalue weighted by Crippen LogP contribution is -2.34. The van der Waals surface area contributed by atoms with Crippen molar-refractivity contribution in [3.05, 3.63) is 22.7 Å². The predicted molar refractivity (Wildman–Crippen MR) is 90.7 cm³/mol. The van der Waals surface area contributed by atoms with Gasteiger partial charge in [0.1, 0.15) is 0 Å². The highest BCUT2D eigenvalue weighted by atomic mass is 79.9. The summed E-state index contributed by atoms with van der Waals surface area (Å²) in [7, 11) is -6.99. The van der Waals surface area contributed by atoms with Crippen molar-refractivity contribution < 1.29 is 16.8 Å². The van der Waals surface area contributed by atoms with Crippen LogP contribution in [0.1, 0.15) is 6.42 Å². The Morgan fingerprint density at radius 1 is 1.14 bits per heavy atom. The zero-order chi connectivity index (χ0) is 15.7. The van der Waals surface area contributed by atoms with Crippen molar-refractivity contribution in [3.63, 3.8) is 0 Å². The third kappa shape index (κ3) is 4.42. The molecule has 0 radical (unpaired) electrons. The van der Waals surface area contributed by atoms with E-state index < -0.39 is 19.9 Å². The lowest BCUT2D eigenvalue weighted by molar-refractivity contribution is 0.431. The Morgan fingerprint density at radius 2 is 1.82 bits per heavy atom. The number of benzene rings is 1. The molecule has 0 atom stereocenters. The number of rotatable bonds is 3. The average Bonchev–Trinajstić information content (AvgIpc) is 2.66. The van der Waals surface area contributed by atoms with Gasteiger partial charge in [0.15, 0.2) is 9.84 Å². The first-order chi connectivity index (χ1) is 9.73. The molecule has 1 saturated heterocycles. The van der Waals surface area contributed by atoms with Crippen molar-refractivity contribution in [3.8, 4) is 0 Å². The van der Waals surface area contributed by atoms with Crippen LogP contribution in [-0.2, 0) is 19.9 Å². The molecule has 0 saturated carbocycles. The van der Waals surface area contributed by atoms with Crippen molar-refractivity contribution in [2.24, 2.45) is 0 Å². The zero-order valence-corrected chi connectivity index (χ0v) is 16.0. The summed E-state index contributed by atoms with van der Waals surface area (Å²) in [5.41, 5.74) is 0. The molecule has 1 aliphatic rings. The summed E-state index contributed by atoms with van der Waals surface area (Å²) in [6, 6.07) is 4.00. The van der Waals surface area contributed by atoms with Gasteiger partial charge in [-0.05, 0) is 47.1 Å². The van der Waals surface area contributed by atoms with Gasteiger partial charge < -0.3 is 5.32 Å². The first kappa shape index (κ1) is 19.9. The Labute approximate surface area is 145 Å². The second-order valence-corrected chi connectivity index (χ2v) is 9.65. The largest absolute Gasteiger partial charge is 0.315 e. The first-order valence-corrected chi connectivity index (χ1v) is 10.6. The van der Waals surface area contributed by atoms with Crippen LogP contribution in [0.25, 0.3) is 0 Å². The highest BCUT2D eigenvalue weighted by Crippen LogP contribution is 2.28. The molecule has 10 heteroatoms. The van der Waals surface area contributed by atoms with Crippen molar-refractivity contribution in [1.29, 1.82) is 0 Å². The molecular weight excluding hydrogens is 416 g/mol. The molecule has 0 aliphatic carbocycles. The van der Waals surface area contributed by atoms with Crippen molar-refractivity contribution in [2.45, 2.75) is 16.2 Å². The van der Waals surface area contributed by atoms with E-state index in [2.05, 4.69) is 21.2 Å². The van der Waals surface area contributed by atoms with Crippen molar-refractivity contribution in [2.75, 3.05) is 32.4 Å². The lowest BCUT2D eigenvalue weighted by atomic mass is 10.4. The van der Waals surface area contributed by atoms with Crippen molar-refractivity contribution in [1.82, 2.24) is 9.62 Å². The number of nitrogens with zero attached hydrogens (tertiary/aromatic N) is 1. The van der Waals surface area contributed by atoms with Gasteiger partial charge in [0, 0.05) is 30.4 Å². The Bertz CT molecular complexity index is 729. The van der Waals surface area contributed by atoms with E-state index in [1.54, 1.807) is 0 Å². The Kier molecular flexibility index (Phi) is 6.85. The molecule has 126 valence electrons. The van der Waals surface area contributed by atoms with Crippen LogP contribution in [0.4, 0.5) is 0 Å². The molecular formula is C12H18BrClN2O4S2. The third-order valence-electron chi connectivity index (χ3n) is 3.25. The van der Waals surface area contributed by atoms with Crippen LogP contribution in [0.3, 0.4) is 0 Å². The molecule has 0 aromatic heterocycles. The number of sulfonamides is 1. The van der Waals surface area contributed by atoms with Gasteiger partial charge in [0.25, 0.3) is 0 Å². The molecule has 1 heterocycles. The lowest BCUT2D eigenvalue weighted by Gasteiger charge is -2.20. The number of halogens is 2. The van der Waals surface area contributed by atoms with Gasteiger partial charge in [0.05, 0.1) is 9.79 Å². The van der Waals surface area contributed by atoms with Crippen LogP contribution in [0.5, 0.6) is 0 Å². The Morgan fingerprint density at radius 3 is 2.41 bits per heavy atom. The molecule has 22 heavy (non-hydrogen) atoms. The van der Waals surface area contributed by atoms with Crippen LogP contribution >= 0.6 is 28.3 Å². The highest BCUT2D eigenvalue weighted by Gasteiger charge is 2.27. The Balaban J connectivity index is 0.00000242. The van der Waals surface area contributed by atoms with Crippen LogP contribution in [0, 0.1) is 0 Å². The molecule has 1 aromatic rings. The fraction of sp³-hybridized carbons (Fsp3) is 0.500. The van der Waals surface area contributed by atoms with Gasteiger partial charge in [-0.3, -0.25) is 0 Å². The van der Waals surface area contributed by atoms with E-state index in [4.69, 9.17) is 0 Å². The number of hydrogen-bond acceptors (Lipinski definition) is 5. The van der Waals surface area contributed by atoms with Gasteiger partial charge in [-0.15, -0.1) is 12.4 Å². The number of hydrogen-bond donors (Lipinski definition) is 1. The molecule has 2 rings (SSSR count). The molecule has 1 aromatic carbocycles. The van der Waals surface area contributed by atoms with Crippen LogP contribution in [0.2, 0.25) is 0 Å². The molecule has 6 nitrogen and oxygen atoms in total. The summed E-state index contributed by atoms with van der Waals surface area (Å²) in [5, 5.41) is 3.15. The topological polar surface area (TPSA) is 83.5 Å². The monoisotopic (exact) mass is 432 g/mol. The van der Waals surface area contributed by atoms with Gasteiger partial charge in [-0.1, -0.05) is 0 Å². The van der Waals surface area contributed by atoms with Crippen molar-refractivity contribution >= 4 is 48.2 Å². The van der Waals surface area contributed by atoms with E-state index in [0.29, 0.717) is 19.6 Å². The summed E-state index contributed by atoms with van der Waals surface area (Å²) < 4.78 is 50.0. The molecule has 0 unspecified atom stereocenters. The van der Waals surface area contributed by atoms with Gasteiger partial charge in [-0.25, -0.2) is 16.8 Å². The second kappa shape index (κ2) is 7.59. The number of nitrogens with one attached hydrogen (secondary N) is 1. The van der Waals surface area contributed by atoms with E-state index in [-0.39, 0.29) is 26.7 Å². The summed E-state index contributed by atoms with van der Waals surface area (Å²) in [5.74, 6) is 0. The van der Waals surface area contributed by atoms with E-state index in [0.717, 1.165) is 19.2 Å². The molecule has 0 spiro atoms.